The van der Waals surface area contributed by atoms with Gasteiger partial charge >= 0.3 is 0 Å². The predicted octanol–water partition coefficient (Wildman–Crippen LogP) is 3.45. The van der Waals surface area contributed by atoms with Crippen molar-refractivity contribution in [3.05, 3.63) is 52.2 Å². The molecule has 0 bridgehead atoms. The van der Waals surface area contributed by atoms with Crippen molar-refractivity contribution in [2.45, 2.75) is 19.4 Å². The van der Waals surface area contributed by atoms with Gasteiger partial charge in [0.05, 0.1) is 0 Å². The van der Waals surface area contributed by atoms with Crippen LogP contribution in [0.4, 0.5) is 5.69 Å². The highest BCUT2D eigenvalue weighted by Gasteiger charge is 2.03. The third-order valence-electron chi connectivity index (χ3n) is 3.13. The SMILES string of the molecule is C[C@@H](N)c1ccc(N(C)CCc2cccs2)cc1. The minimum absolute atomic E-state index is 0.107. The maximum absolute atomic E-state index is 5.85. The third kappa shape index (κ3) is 3.34. The van der Waals surface area contributed by atoms with Crippen molar-refractivity contribution < 1.29 is 0 Å². The molecule has 0 aliphatic heterocycles. The Balaban J connectivity index is 1.94. The average Bonchev–Trinajstić information content (AvgIpc) is 2.89. The van der Waals surface area contributed by atoms with Gasteiger partial charge in [-0.05, 0) is 42.5 Å². The summed E-state index contributed by atoms with van der Waals surface area (Å²) in [6.45, 7) is 3.05. The molecule has 0 aliphatic carbocycles. The van der Waals surface area contributed by atoms with Crippen molar-refractivity contribution in [3.63, 3.8) is 0 Å². The molecule has 0 unspecified atom stereocenters. The molecule has 0 spiro atoms. The van der Waals surface area contributed by atoms with Crippen LogP contribution in [0.15, 0.2) is 41.8 Å². The zero-order valence-electron chi connectivity index (χ0n) is 11.0. The number of benzene rings is 1. The molecule has 1 aromatic heterocycles. The molecule has 0 saturated heterocycles. The number of hydrogen-bond donors (Lipinski definition) is 1. The van der Waals surface area contributed by atoms with Crippen LogP contribution in [0, 0.1) is 0 Å². The van der Waals surface area contributed by atoms with Gasteiger partial charge in [-0.15, -0.1) is 11.3 Å². The van der Waals surface area contributed by atoms with Crippen LogP contribution in [0.2, 0.25) is 0 Å². The summed E-state index contributed by atoms with van der Waals surface area (Å²) in [4.78, 5) is 3.72. The monoisotopic (exact) mass is 260 g/mol. The number of nitrogens with zero attached hydrogens (tertiary/aromatic N) is 1. The summed E-state index contributed by atoms with van der Waals surface area (Å²) < 4.78 is 0. The van der Waals surface area contributed by atoms with E-state index in [1.807, 2.05) is 18.3 Å². The van der Waals surface area contributed by atoms with Crippen LogP contribution < -0.4 is 10.6 Å². The van der Waals surface area contributed by atoms with E-state index in [1.54, 1.807) is 0 Å². The zero-order valence-corrected chi connectivity index (χ0v) is 11.8. The van der Waals surface area contributed by atoms with Crippen LogP contribution in [-0.4, -0.2) is 13.6 Å². The Hall–Kier alpha value is -1.32. The number of anilines is 1. The molecule has 0 amide bonds. The van der Waals surface area contributed by atoms with Crippen molar-refractivity contribution in [3.8, 4) is 0 Å². The Morgan fingerprint density at radius 1 is 1.22 bits per heavy atom. The van der Waals surface area contributed by atoms with Gasteiger partial charge in [0.25, 0.3) is 0 Å². The normalized spacial score (nSPS) is 12.4. The molecular weight excluding hydrogens is 240 g/mol. The van der Waals surface area contributed by atoms with Gasteiger partial charge in [0.15, 0.2) is 0 Å². The molecule has 2 nitrogen and oxygen atoms in total. The largest absolute Gasteiger partial charge is 0.374 e. The minimum atomic E-state index is 0.107. The van der Waals surface area contributed by atoms with E-state index in [9.17, 15) is 0 Å². The first kappa shape index (κ1) is 13.1. The Kier molecular flexibility index (Phi) is 4.39. The van der Waals surface area contributed by atoms with Gasteiger partial charge in [0, 0.05) is 30.2 Å². The number of rotatable bonds is 5. The van der Waals surface area contributed by atoms with Crippen LogP contribution in [0.1, 0.15) is 23.4 Å². The maximum atomic E-state index is 5.85. The molecule has 0 radical (unpaired) electrons. The quantitative estimate of drug-likeness (QED) is 0.892. The maximum Gasteiger partial charge on any atom is 0.0363 e. The molecular formula is C15H20N2S. The first-order valence-corrected chi connectivity index (χ1v) is 7.14. The molecule has 1 aromatic carbocycles. The molecule has 0 saturated carbocycles. The summed E-state index contributed by atoms with van der Waals surface area (Å²) in [6.07, 6.45) is 1.10. The van der Waals surface area contributed by atoms with E-state index in [4.69, 9.17) is 5.73 Å². The topological polar surface area (TPSA) is 29.3 Å². The smallest absolute Gasteiger partial charge is 0.0363 e. The Bertz CT molecular complexity index is 460. The summed E-state index contributed by atoms with van der Waals surface area (Å²) in [7, 11) is 2.13. The second-order valence-electron chi connectivity index (χ2n) is 4.63. The van der Waals surface area contributed by atoms with E-state index < -0.39 is 0 Å². The fraction of sp³-hybridized carbons (Fsp3) is 0.333. The summed E-state index contributed by atoms with van der Waals surface area (Å²) in [5.74, 6) is 0. The van der Waals surface area contributed by atoms with E-state index in [0.717, 1.165) is 13.0 Å². The lowest BCUT2D eigenvalue weighted by molar-refractivity contribution is 0.816. The van der Waals surface area contributed by atoms with Crippen molar-refractivity contribution in [2.24, 2.45) is 5.73 Å². The van der Waals surface area contributed by atoms with Gasteiger partial charge < -0.3 is 10.6 Å². The molecule has 0 aliphatic rings. The second-order valence-corrected chi connectivity index (χ2v) is 5.66. The Morgan fingerprint density at radius 2 is 1.94 bits per heavy atom. The molecule has 1 heterocycles. The summed E-state index contributed by atoms with van der Waals surface area (Å²) in [5, 5.41) is 2.13. The van der Waals surface area contributed by atoms with Crippen LogP contribution in [-0.2, 0) is 6.42 Å². The van der Waals surface area contributed by atoms with Crippen molar-refractivity contribution in [2.75, 3.05) is 18.5 Å². The van der Waals surface area contributed by atoms with Crippen molar-refractivity contribution in [1.82, 2.24) is 0 Å². The summed E-state index contributed by atoms with van der Waals surface area (Å²) in [5.41, 5.74) is 8.28. The lowest BCUT2D eigenvalue weighted by Gasteiger charge is -2.19. The van der Waals surface area contributed by atoms with Crippen LogP contribution in [0.3, 0.4) is 0 Å². The second kappa shape index (κ2) is 6.03. The average molecular weight is 260 g/mol. The molecule has 3 heteroatoms. The molecule has 0 fully saturated rings. The van der Waals surface area contributed by atoms with Gasteiger partial charge in [0.1, 0.15) is 0 Å². The highest BCUT2D eigenvalue weighted by atomic mass is 32.1. The van der Waals surface area contributed by atoms with Crippen LogP contribution in [0.25, 0.3) is 0 Å². The van der Waals surface area contributed by atoms with Gasteiger partial charge in [-0.3, -0.25) is 0 Å². The van der Waals surface area contributed by atoms with E-state index in [0.29, 0.717) is 0 Å². The van der Waals surface area contributed by atoms with E-state index in [2.05, 4.69) is 53.7 Å². The fourth-order valence-electron chi connectivity index (χ4n) is 1.89. The molecule has 2 aromatic rings. The highest BCUT2D eigenvalue weighted by Crippen LogP contribution is 2.18. The molecule has 18 heavy (non-hydrogen) atoms. The number of nitrogens with two attached hydrogens (primary N) is 1. The van der Waals surface area contributed by atoms with Crippen molar-refractivity contribution >= 4 is 17.0 Å². The summed E-state index contributed by atoms with van der Waals surface area (Å²) in [6, 6.07) is 12.9. The van der Waals surface area contributed by atoms with Crippen molar-refractivity contribution in [1.29, 1.82) is 0 Å². The molecule has 96 valence electrons. The molecule has 2 rings (SSSR count). The van der Waals surface area contributed by atoms with Gasteiger partial charge in [0.2, 0.25) is 0 Å². The van der Waals surface area contributed by atoms with Gasteiger partial charge in [-0.25, -0.2) is 0 Å². The van der Waals surface area contributed by atoms with Crippen LogP contribution >= 0.6 is 11.3 Å². The lowest BCUT2D eigenvalue weighted by atomic mass is 10.1. The van der Waals surface area contributed by atoms with Gasteiger partial charge in [-0.1, -0.05) is 18.2 Å². The van der Waals surface area contributed by atoms with E-state index in [-0.39, 0.29) is 6.04 Å². The summed E-state index contributed by atoms with van der Waals surface area (Å²) >= 11 is 1.82. The standard InChI is InChI=1S/C15H20N2S/c1-12(16)13-5-7-14(8-6-13)17(2)10-9-15-4-3-11-18-15/h3-8,11-12H,9-10,16H2,1-2H3/t12-/m1/s1. The van der Waals surface area contributed by atoms with E-state index in [1.165, 1.54) is 16.1 Å². The lowest BCUT2D eigenvalue weighted by Crippen LogP contribution is -2.20. The fourth-order valence-corrected chi connectivity index (χ4v) is 2.59. The first-order valence-electron chi connectivity index (χ1n) is 6.26. The number of thiophene rings is 1. The Morgan fingerprint density at radius 3 is 2.50 bits per heavy atom. The third-order valence-corrected chi connectivity index (χ3v) is 4.07. The first-order chi connectivity index (χ1) is 8.66. The molecule has 1 atom stereocenters. The minimum Gasteiger partial charge on any atom is -0.374 e. The zero-order chi connectivity index (χ0) is 13.0. The number of likely N-dealkylation sites (N-methyl/N-ethyl adjacent to an activating group) is 1. The molecule has 2 N–H and O–H groups in total. The highest BCUT2D eigenvalue weighted by molar-refractivity contribution is 7.09. The van der Waals surface area contributed by atoms with Gasteiger partial charge in [-0.2, -0.15) is 0 Å². The number of hydrogen-bond acceptors (Lipinski definition) is 3. The Labute approximate surface area is 113 Å². The van der Waals surface area contributed by atoms with Crippen LogP contribution in [0.5, 0.6) is 0 Å². The predicted molar refractivity (Wildman–Crippen MR) is 80.3 cm³/mol. The van der Waals surface area contributed by atoms with E-state index >= 15 is 0 Å².